The number of thioether (sulfide) groups is 1. The first-order valence-electron chi connectivity index (χ1n) is 8.29. The average molecular weight is 390 g/mol. The number of thiophene rings is 1. The van der Waals surface area contributed by atoms with E-state index in [0.717, 1.165) is 30.2 Å². The SMILES string of the molecule is CC(=N)C(C#N)C(=O)CSc1nnc(-c2cccs2)n1C[C@@H]1CCCO1. The lowest BCUT2D eigenvalue weighted by molar-refractivity contribution is -0.117. The van der Waals surface area contributed by atoms with Crippen LogP contribution < -0.4 is 0 Å². The Morgan fingerprint density at radius 3 is 3.08 bits per heavy atom. The second-order valence-electron chi connectivity index (χ2n) is 6.03. The molecular formula is C17H19N5O2S2. The largest absolute Gasteiger partial charge is 0.376 e. The zero-order valence-electron chi connectivity index (χ0n) is 14.3. The average Bonchev–Trinajstić information content (AvgIpc) is 3.36. The lowest BCUT2D eigenvalue weighted by Gasteiger charge is -2.14. The molecule has 0 aromatic carbocycles. The van der Waals surface area contributed by atoms with E-state index in [1.54, 1.807) is 11.3 Å². The standard InChI is InChI=1S/C17H19N5O2S2/c1-11(19)13(8-18)14(23)10-26-17-21-20-16(15-5-3-7-25-15)22(17)9-12-4-2-6-24-12/h3,5,7,12-13,19H,2,4,6,9-10H2,1H3/t12-,13?/m0/s1. The number of hydrogen-bond donors (Lipinski definition) is 1. The monoisotopic (exact) mass is 389 g/mol. The number of nitriles is 1. The molecule has 7 nitrogen and oxygen atoms in total. The summed E-state index contributed by atoms with van der Waals surface area (Å²) in [5, 5.41) is 27.8. The minimum Gasteiger partial charge on any atom is -0.376 e. The number of nitrogens with one attached hydrogen (secondary N) is 1. The van der Waals surface area contributed by atoms with Crippen LogP contribution >= 0.6 is 23.1 Å². The Balaban J connectivity index is 1.79. The normalized spacial score (nSPS) is 17.8. The van der Waals surface area contributed by atoms with Crippen molar-refractivity contribution in [2.75, 3.05) is 12.4 Å². The van der Waals surface area contributed by atoms with Crippen molar-refractivity contribution in [1.29, 1.82) is 10.7 Å². The summed E-state index contributed by atoms with van der Waals surface area (Å²) in [4.78, 5) is 13.2. The molecule has 1 aliphatic rings. The highest BCUT2D eigenvalue weighted by Crippen LogP contribution is 2.29. The maximum Gasteiger partial charge on any atom is 0.192 e. The van der Waals surface area contributed by atoms with Gasteiger partial charge in [-0.3, -0.25) is 9.36 Å². The van der Waals surface area contributed by atoms with Crippen LogP contribution in [0, 0.1) is 22.7 Å². The van der Waals surface area contributed by atoms with Gasteiger partial charge in [0.2, 0.25) is 0 Å². The summed E-state index contributed by atoms with van der Waals surface area (Å²) in [7, 11) is 0. The highest BCUT2D eigenvalue weighted by atomic mass is 32.2. The van der Waals surface area contributed by atoms with Crippen LogP contribution in [0.3, 0.4) is 0 Å². The van der Waals surface area contributed by atoms with Gasteiger partial charge in [0.15, 0.2) is 16.8 Å². The van der Waals surface area contributed by atoms with E-state index in [1.807, 2.05) is 28.1 Å². The summed E-state index contributed by atoms with van der Waals surface area (Å²) in [6.45, 7) is 2.89. The van der Waals surface area contributed by atoms with E-state index in [-0.39, 0.29) is 23.4 Å². The van der Waals surface area contributed by atoms with Crippen molar-refractivity contribution in [3.8, 4) is 16.8 Å². The molecule has 0 saturated carbocycles. The molecule has 26 heavy (non-hydrogen) atoms. The van der Waals surface area contributed by atoms with Crippen LogP contribution in [0.1, 0.15) is 19.8 Å². The number of ether oxygens (including phenoxy) is 1. The quantitative estimate of drug-likeness (QED) is 0.550. The summed E-state index contributed by atoms with van der Waals surface area (Å²) >= 11 is 2.85. The fourth-order valence-corrected chi connectivity index (χ4v) is 4.34. The first-order valence-corrected chi connectivity index (χ1v) is 10.2. The fourth-order valence-electron chi connectivity index (χ4n) is 2.77. The smallest absolute Gasteiger partial charge is 0.192 e. The van der Waals surface area contributed by atoms with Gasteiger partial charge in [-0.15, -0.1) is 21.5 Å². The second-order valence-corrected chi connectivity index (χ2v) is 7.92. The van der Waals surface area contributed by atoms with Crippen molar-refractivity contribution in [2.45, 2.75) is 37.6 Å². The first kappa shape index (κ1) is 18.8. The van der Waals surface area contributed by atoms with Crippen molar-refractivity contribution >= 4 is 34.6 Å². The van der Waals surface area contributed by atoms with E-state index in [9.17, 15) is 4.79 Å². The zero-order chi connectivity index (χ0) is 18.5. The van der Waals surface area contributed by atoms with Gasteiger partial charge in [0, 0.05) is 12.3 Å². The molecule has 0 spiro atoms. The Morgan fingerprint density at radius 2 is 2.46 bits per heavy atom. The minimum absolute atomic E-state index is 0.0678. The molecule has 0 bridgehead atoms. The van der Waals surface area contributed by atoms with Gasteiger partial charge in [0.05, 0.1) is 29.3 Å². The van der Waals surface area contributed by atoms with Crippen LogP contribution in [0.5, 0.6) is 0 Å². The third-order valence-corrected chi connectivity index (χ3v) is 5.95. The van der Waals surface area contributed by atoms with Crippen LogP contribution in [0.2, 0.25) is 0 Å². The van der Waals surface area contributed by atoms with E-state index >= 15 is 0 Å². The third-order valence-electron chi connectivity index (χ3n) is 4.10. The highest BCUT2D eigenvalue weighted by molar-refractivity contribution is 7.99. The van der Waals surface area contributed by atoms with Gasteiger partial charge in [-0.25, -0.2) is 0 Å². The van der Waals surface area contributed by atoms with E-state index in [2.05, 4.69) is 10.2 Å². The number of rotatable bonds is 8. The molecule has 2 aromatic heterocycles. The summed E-state index contributed by atoms with van der Waals surface area (Å²) in [5.41, 5.74) is 0.0678. The number of nitrogens with zero attached hydrogens (tertiary/aromatic N) is 4. The molecule has 0 amide bonds. The van der Waals surface area contributed by atoms with Crippen molar-refractivity contribution in [3.05, 3.63) is 17.5 Å². The van der Waals surface area contributed by atoms with E-state index in [0.29, 0.717) is 11.7 Å². The number of carbonyl (C=O) groups excluding carboxylic acids is 1. The maximum absolute atomic E-state index is 12.2. The fraction of sp³-hybridized carbons (Fsp3) is 0.471. The molecule has 0 aliphatic carbocycles. The lowest BCUT2D eigenvalue weighted by atomic mass is 10.0. The van der Waals surface area contributed by atoms with E-state index in [4.69, 9.17) is 15.4 Å². The molecule has 1 N–H and O–H groups in total. The topological polar surface area (TPSA) is 105 Å². The van der Waals surface area contributed by atoms with Crippen molar-refractivity contribution in [3.63, 3.8) is 0 Å². The molecule has 136 valence electrons. The van der Waals surface area contributed by atoms with Gasteiger partial charge in [0.25, 0.3) is 0 Å². The van der Waals surface area contributed by atoms with Crippen molar-refractivity contribution in [1.82, 2.24) is 14.8 Å². The van der Waals surface area contributed by atoms with Gasteiger partial charge >= 0.3 is 0 Å². The summed E-state index contributed by atoms with van der Waals surface area (Å²) in [5.74, 6) is -0.420. The van der Waals surface area contributed by atoms with E-state index in [1.165, 1.54) is 18.7 Å². The molecule has 1 saturated heterocycles. The molecule has 1 unspecified atom stereocenters. The number of Topliss-reactive ketones (excluding diaryl/α,β-unsaturated/α-hetero) is 1. The van der Waals surface area contributed by atoms with Crippen LogP contribution in [0.15, 0.2) is 22.7 Å². The Kier molecular flexibility index (Phi) is 6.19. The molecule has 1 fully saturated rings. The predicted octanol–water partition coefficient (Wildman–Crippen LogP) is 3.03. The predicted molar refractivity (Wildman–Crippen MR) is 101 cm³/mol. The van der Waals surface area contributed by atoms with Crippen LogP contribution in [0.25, 0.3) is 10.7 Å². The Morgan fingerprint density at radius 1 is 1.62 bits per heavy atom. The van der Waals surface area contributed by atoms with Crippen LogP contribution in [-0.4, -0.2) is 44.7 Å². The van der Waals surface area contributed by atoms with E-state index < -0.39 is 5.92 Å². The Labute approximate surface area is 159 Å². The molecule has 1 aliphatic heterocycles. The highest BCUT2D eigenvalue weighted by Gasteiger charge is 2.24. The van der Waals surface area contributed by atoms with Crippen LogP contribution in [-0.2, 0) is 16.1 Å². The second kappa shape index (κ2) is 8.58. The van der Waals surface area contributed by atoms with Gasteiger partial charge < -0.3 is 10.1 Å². The Bertz CT molecular complexity index is 819. The van der Waals surface area contributed by atoms with Gasteiger partial charge in [-0.1, -0.05) is 17.8 Å². The van der Waals surface area contributed by atoms with Crippen molar-refractivity contribution in [2.24, 2.45) is 5.92 Å². The number of ketones is 1. The lowest BCUT2D eigenvalue weighted by Crippen LogP contribution is -2.22. The first-order chi connectivity index (χ1) is 12.6. The zero-order valence-corrected chi connectivity index (χ0v) is 16.0. The Hall–Kier alpha value is -2.02. The van der Waals surface area contributed by atoms with Gasteiger partial charge in [-0.2, -0.15) is 5.26 Å². The number of aromatic nitrogens is 3. The van der Waals surface area contributed by atoms with Crippen molar-refractivity contribution < 1.29 is 9.53 Å². The molecule has 3 rings (SSSR count). The minimum atomic E-state index is -0.992. The van der Waals surface area contributed by atoms with Gasteiger partial charge in [0.1, 0.15) is 5.92 Å². The number of hydrogen-bond acceptors (Lipinski definition) is 8. The summed E-state index contributed by atoms with van der Waals surface area (Å²) in [6, 6.07) is 5.84. The third kappa shape index (κ3) is 4.20. The summed E-state index contributed by atoms with van der Waals surface area (Å²) < 4.78 is 7.74. The molecule has 0 radical (unpaired) electrons. The number of carbonyl (C=O) groups is 1. The molecule has 2 aromatic rings. The van der Waals surface area contributed by atoms with Crippen LogP contribution in [0.4, 0.5) is 0 Å². The molecular weight excluding hydrogens is 370 g/mol. The molecule has 3 heterocycles. The molecule has 2 atom stereocenters. The summed E-state index contributed by atoms with van der Waals surface area (Å²) in [6.07, 6.45) is 2.16. The molecule has 9 heteroatoms. The van der Waals surface area contributed by atoms with Gasteiger partial charge in [-0.05, 0) is 31.2 Å². The maximum atomic E-state index is 12.2.